The molecule has 5 heterocycles. The van der Waals surface area contributed by atoms with Crippen molar-refractivity contribution in [3.8, 4) is 21.8 Å². The average molecular weight is 722 g/mol. The first-order valence-corrected chi connectivity index (χ1v) is 14.1. The molecule has 9 aromatic rings. The summed E-state index contributed by atoms with van der Waals surface area (Å²) in [5.74, 6) is 0. The zero-order chi connectivity index (χ0) is 26.2. The van der Waals surface area contributed by atoms with E-state index >= 15 is 0 Å². The van der Waals surface area contributed by atoms with Crippen molar-refractivity contribution in [1.29, 1.82) is 0 Å². The van der Waals surface area contributed by atoms with Gasteiger partial charge in [0, 0.05) is 60.8 Å². The molecule has 0 bridgehead atoms. The number of para-hydroxylation sites is 3. The minimum Gasteiger partial charge on any atom is -0.326 e. The first-order valence-electron chi connectivity index (χ1n) is 13.3. The Morgan fingerprint density at radius 3 is 2.15 bits per heavy atom. The molecule has 0 spiro atoms. The predicted octanol–water partition coefficient (Wildman–Crippen LogP) is 9.05. The maximum absolute atomic E-state index is 4.77. The van der Waals surface area contributed by atoms with Crippen LogP contribution in [-0.2, 0) is 20.1 Å². The number of rotatable bonds is 3. The van der Waals surface area contributed by atoms with Crippen molar-refractivity contribution in [3.05, 3.63) is 133 Å². The molecule has 6 heteroatoms. The van der Waals surface area contributed by atoms with E-state index in [1.165, 1.54) is 43.0 Å². The van der Waals surface area contributed by atoms with Gasteiger partial charge < -0.3 is 13.5 Å². The third-order valence-electron chi connectivity index (χ3n) is 7.93. The SMILES string of the molecule is [Ir].[c-]1sc(-c2cccc(-n3c4ccccc4c4ccccc43)c2)c2c1c1nccn1c1c2ccn1-c1ccccc1. The Morgan fingerprint density at radius 2 is 1.37 bits per heavy atom. The molecule has 0 amide bonds. The monoisotopic (exact) mass is 722 g/mol. The molecular formula is C35H21IrN4S-. The van der Waals surface area contributed by atoms with Crippen LogP contribution < -0.4 is 0 Å². The minimum atomic E-state index is 0. The van der Waals surface area contributed by atoms with Gasteiger partial charge in [0.25, 0.3) is 0 Å². The summed E-state index contributed by atoms with van der Waals surface area (Å²) in [7, 11) is 0. The zero-order valence-corrected chi connectivity index (χ0v) is 24.9. The van der Waals surface area contributed by atoms with E-state index < -0.39 is 0 Å². The molecule has 4 nitrogen and oxygen atoms in total. The van der Waals surface area contributed by atoms with E-state index in [1.54, 1.807) is 11.3 Å². The van der Waals surface area contributed by atoms with E-state index in [4.69, 9.17) is 4.98 Å². The zero-order valence-electron chi connectivity index (χ0n) is 21.7. The standard InChI is InChI=1S/C35H21N4S.Ir/c1-2-10-24(11-3-1)37-19-17-28-32-29(34-36-18-20-38(34)35(28)37)22-40-33(32)23-9-8-12-25(21-23)39-30-15-6-4-13-26(30)27-14-5-7-16-31(27)39;/h1-21H;/q-1;. The quantitative estimate of drug-likeness (QED) is 0.167. The maximum Gasteiger partial charge on any atom is 0.112 e. The summed E-state index contributed by atoms with van der Waals surface area (Å²) in [6.07, 6.45) is 6.09. The normalized spacial score (nSPS) is 11.7. The van der Waals surface area contributed by atoms with Crippen molar-refractivity contribution in [2.24, 2.45) is 0 Å². The van der Waals surface area contributed by atoms with Crippen LogP contribution in [0.1, 0.15) is 0 Å². The first-order chi connectivity index (χ1) is 19.9. The summed E-state index contributed by atoms with van der Waals surface area (Å²) in [4.78, 5) is 5.97. The third-order valence-corrected chi connectivity index (χ3v) is 8.88. The Labute approximate surface area is 253 Å². The second-order valence-corrected chi connectivity index (χ2v) is 10.9. The van der Waals surface area contributed by atoms with Gasteiger partial charge in [-0.1, -0.05) is 87.9 Å². The van der Waals surface area contributed by atoms with Crippen molar-refractivity contribution >= 4 is 60.6 Å². The molecule has 0 fully saturated rings. The van der Waals surface area contributed by atoms with Crippen molar-refractivity contribution in [1.82, 2.24) is 18.5 Å². The molecular weight excluding hydrogens is 701 g/mol. The van der Waals surface area contributed by atoms with Gasteiger partial charge in [0.2, 0.25) is 0 Å². The Morgan fingerprint density at radius 1 is 0.659 bits per heavy atom. The second-order valence-electron chi connectivity index (χ2n) is 10.1. The van der Waals surface area contributed by atoms with Crippen molar-refractivity contribution < 1.29 is 20.1 Å². The molecule has 0 aliphatic rings. The summed E-state index contributed by atoms with van der Waals surface area (Å²) in [6.45, 7) is 0. The Bertz CT molecular complexity index is 2340. The van der Waals surface area contributed by atoms with Crippen LogP contribution in [0.2, 0.25) is 0 Å². The Balaban J connectivity index is 0.00000256. The summed E-state index contributed by atoms with van der Waals surface area (Å²) >= 11 is 1.67. The molecule has 0 saturated carbocycles. The van der Waals surface area contributed by atoms with Crippen LogP contribution in [0.3, 0.4) is 0 Å². The van der Waals surface area contributed by atoms with Gasteiger partial charge in [-0.3, -0.25) is 16.3 Å². The fraction of sp³-hybridized carbons (Fsp3) is 0. The van der Waals surface area contributed by atoms with Gasteiger partial charge in [-0.25, -0.2) is 0 Å². The molecule has 0 aliphatic carbocycles. The molecule has 0 atom stereocenters. The Hall–Kier alpha value is -4.48. The van der Waals surface area contributed by atoms with Gasteiger partial charge in [-0.15, -0.1) is 5.39 Å². The fourth-order valence-corrected chi connectivity index (χ4v) is 7.20. The van der Waals surface area contributed by atoms with E-state index in [0.717, 1.165) is 28.1 Å². The number of thiophene rings is 1. The molecule has 0 aliphatic heterocycles. The smallest absolute Gasteiger partial charge is 0.112 e. The number of pyridine rings is 1. The Kier molecular flexibility index (Phi) is 5.51. The number of hydrogen-bond acceptors (Lipinski definition) is 2. The van der Waals surface area contributed by atoms with Gasteiger partial charge in [0.1, 0.15) is 5.65 Å². The van der Waals surface area contributed by atoms with Crippen LogP contribution in [0.4, 0.5) is 0 Å². The molecule has 1 radical (unpaired) electrons. The topological polar surface area (TPSA) is 27.2 Å². The second kappa shape index (κ2) is 9.28. The number of benzene rings is 4. The van der Waals surface area contributed by atoms with Gasteiger partial charge in [0.05, 0.1) is 16.7 Å². The minimum absolute atomic E-state index is 0. The molecule has 0 unspecified atom stereocenters. The number of fused-ring (bicyclic) bond motifs is 9. The van der Waals surface area contributed by atoms with E-state index in [1.807, 2.05) is 12.4 Å². The van der Waals surface area contributed by atoms with Crippen molar-refractivity contribution in [3.63, 3.8) is 0 Å². The number of imidazole rings is 1. The summed E-state index contributed by atoms with van der Waals surface area (Å²) in [6, 6.07) is 38.9. The molecule has 0 N–H and O–H groups in total. The van der Waals surface area contributed by atoms with Gasteiger partial charge in [-0.2, -0.15) is 0 Å². The first kappa shape index (κ1) is 24.3. The van der Waals surface area contributed by atoms with E-state index in [0.29, 0.717) is 0 Å². The average Bonchev–Trinajstić information content (AvgIpc) is 3.80. The van der Waals surface area contributed by atoms with Gasteiger partial charge in [-0.05, 0) is 47.9 Å². The van der Waals surface area contributed by atoms with Crippen molar-refractivity contribution in [2.45, 2.75) is 0 Å². The van der Waals surface area contributed by atoms with Crippen LogP contribution in [-0.4, -0.2) is 18.5 Å². The van der Waals surface area contributed by atoms with E-state index in [2.05, 4.69) is 134 Å². The van der Waals surface area contributed by atoms with Crippen LogP contribution >= 0.6 is 11.3 Å². The summed E-state index contributed by atoms with van der Waals surface area (Å²) in [5.41, 5.74) is 7.92. The molecule has 41 heavy (non-hydrogen) atoms. The van der Waals surface area contributed by atoms with E-state index in [9.17, 15) is 0 Å². The summed E-state index contributed by atoms with van der Waals surface area (Å²) in [5, 5.41) is 9.60. The van der Waals surface area contributed by atoms with Crippen LogP contribution in [0.25, 0.3) is 71.1 Å². The molecule has 4 aromatic carbocycles. The maximum atomic E-state index is 4.77. The van der Waals surface area contributed by atoms with Crippen LogP contribution in [0.15, 0.2) is 128 Å². The molecule has 9 rings (SSSR count). The van der Waals surface area contributed by atoms with Crippen LogP contribution in [0.5, 0.6) is 0 Å². The number of nitrogens with zero attached hydrogens (tertiary/aromatic N) is 4. The third kappa shape index (κ3) is 3.45. The number of hydrogen-bond donors (Lipinski definition) is 0. The van der Waals surface area contributed by atoms with Gasteiger partial charge >= 0.3 is 0 Å². The molecule has 197 valence electrons. The van der Waals surface area contributed by atoms with Crippen molar-refractivity contribution in [2.75, 3.05) is 0 Å². The fourth-order valence-electron chi connectivity index (χ4n) is 6.24. The number of aromatic nitrogens is 4. The predicted molar refractivity (Wildman–Crippen MR) is 166 cm³/mol. The van der Waals surface area contributed by atoms with Crippen LogP contribution in [0, 0.1) is 5.38 Å². The van der Waals surface area contributed by atoms with E-state index in [-0.39, 0.29) is 20.1 Å². The molecule has 5 aromatic heterocycles. The molecule has 0 saturated heterocycles. The summed E-state index contributed by atoms with van der Waals surface area (Å²) < 4.78 is 6.81. The van der Waals surface area contributed by atoms with Gasteiger partial charge in [0.15, 0.2) is 0 Å². The largest absolute Gasteiger partial charge is 0.326 e.